The molecule has 0 unspecified atom stereocenters. The Bertz CT molecular complexity index is 646. The summed E-state index contributed by atoms with van der Waals surface area (Å²) in [6.45, 7) is 7.59. The van der Waals surface area contributed by atoms with Crippen LogP contribution in [0.2, 0.25) is 0 Å². The fourth-order valence-corrected chi connectivity index (χ4v) is 2.75. The van der Waals surface area contributed by atoms with Crippen LogP contribution in [0.15, 0.2) is 29.0 Å². The van der Waals surface area contributed by atoms with Crippen molar-refractivity contribution in [3.8, 4) is 5.75 Å². The Morgan fingerprint density at radius 3 is 2.78 bits per heavy atom. The Hall–Kier alpha value is -1.62. The van der Waals surface area contributed by atoms with Gasteiger partial charge in [0.1, 0.15) is 24.5 Å². The smallest absolute Gasteiger partial charge is 0.144 e. The van der Waals surface area contributed by atoms with Crippen molar-refractivity contribution in [2.45, 2.75) is 40.0 Å². The summed E-state index contributed by atoms with van der Waals surface area (Å²) in [4.78, 5) is 8.36. The van der Waals surface area contributed by atoms with Gasteiger partial charge < -0.3 is 10.1 Å². The third-order valence-electron chi connectivity index (χ3n) is 3.66. The molecule has 0 aliphatic carbocycles. The molecule has 0 saturated carbocycles. The summed E-state index contributed by atoms with van der Waals surface area (Å²) < 4.78 is 6.83. The molecular weight excluding hydrogens is 354 g/mol. The molecule has 0 radical (unpaired) electrons. The fraction of sp³-hybridized carbons (Fsp3) is 0.444. The van der Waals surface area contributed by atoms with Crippen molar-refractivity contribution in [1.82, 2.24) is 9.97 Å². The number of anilines is 1. The standard InChI is InChI=1S/C18H24BrN3O/c1-4-6-14-7-8-16(15(5-2)11-14)23-10-9-20-18-17(19)13(3)21-12-22-18/h7-8,11-12H,4-6,9-10H2,1-3H3,(H,20,21,22). The molecule has 1 heterocycles. The van der Waals surface area contributed by atoms with Crippen molar-refractivity contribution in [2.75, 3.05) is 18.5 Å². The Morgan fingerprint density at radius 2 is 2.04 bits per heavy atom. The van der Waals surface area contributed by atoms with Crippen molar-refractivity contribution in [3.63, 3.8) is 0 Å². The number of rotatable bonds is 8. The Balaban J connectivity index is 1.90. The van der Waals surface area contributed by atoms with Crippen LogP contribution in [0.5, 0.6) is 5.75 Å². The number of benzene rings is 1. The molecule has 1 aromatic heterocycles. The summed E-state index contributed by atoms with van der Waals surface area (Å²) in [6, 6.07) is 6.51. The van der Waals surface area contributed by atoms with Crippen molar-refractivity contribution in [3.05, 3.63) is 45.8 Å². The van der Waals surface area contributed by atoms with Crippen molar-refractivity contribution in [2.24, 2.45) is 0 Å². The predicted molar refractivity (Wildman–Crippen MR) is 98.3 cm³/mol. The second-order valence-electron chi connectivity index (χ2n) is 5.44. The van der Waals surface area contributed by atoms with E-state index in [0.717, 1.165) is 34.6 Å². The average Bonchev–Trinajstić information content (AvgIpc) is 2.56. The van der Waals surface area contributed by atoms with Crippen LogP contribution >= 0.6 is 15.9 Å². The van der Waals surface area contributed by atoms with Gasteiger partial charge in [0.2, 0.25) is 0 Å². The summed E-state index contributed by atoms with van der Waals surface area (Å²) in [6.07, 6.45) is 4.83. The predicted octanol–water partition coefficient (Wildman–Crippen LogP) is 4.55. The van der Waals surface area contributed by atoms with Crippen LogP contribution in [0, 0.1) is 6.92 Å². The van der Waals surface area contributed by atoms with Crippen LogP contribution in [0.25, 0.3) is 0 Å². The molecule has 0 bridgehead atoms. The highest BCUT2D eigenvalue weighted by atomic mass is 79.9. The van der Waals surface area contributed by atoms with Gasteiger partial charge in [-0.15, -0.1) is 0 Å². The van der Waals surface area contributed by atoms with E-state index in [-0.39, 0.29) is 0 Å². The summed E-state index contributed by atoms with van der Waals surface area (Å²) in [5.74, 6) is 1.78. The Labute approximate surface area is 146 Å². The van der Waals surface area contributed by atoms with Gasteiger partial charge in [0.15, 0.2) is 0 Å². The lowest BCUT2D eigenvalue weighted by molar-refractivity contribution is 0.329. The summed E-state index contributed by atoms with van der Waals surface area (Å²) >= 11 is 3.49. The molecule has 0 spiro atoms. The van der Waals surface area contributed by atoms with Gasteiger partial charge >= 0.3 is 0 Å². The fourth-order valence-electron chi connectivity index (χ4n) is 2.41. The third kappa shape index (κ3) is 4.93. The molecule has 124 valence electrons. The molecule has 5 heteroatoms. The molecule has 0 aliphatic heterocycles. The van der Waals surface area contributed by atoms with Crippen LogP contribution < -0.4 is 10.1 Å². The first-order valence-corrected chi connectivity index (χ1v) is 8.90. The minimum Gasteiger partial charge on any atom is -0.491 e. The van der Waals surface area contributed by atoms with Gasteiger partial charge in [-0.05, 0) is 52.9 Å². The third-order valence-corrected chi connectivity index (χ3v) is 4.61. The van der Waals surface area contributed by atoms with Gasteiger partial charge in [-0.3, -0.25) is 0 Å². The lowest BCUT2D eigenvalue weighted by Crippen LogP contribution is -2.13. The molecule has 0 saturated heterocycles. The second-order valence-corrected chi connectivity index (χ2v) is 6.24. The molecule has 0 amide bonds. The average molecular weight is 378 g/mol. The van der Waals surface area contributed by atoms with Gasteiger partial charge in [0, 0.05) is 0 Å². The minimum absolute atomic E-state index is 0.593. The SMILES string of the molecule is CCCc1ccc(OCCNc2ncnc(C)c2Br)c(CC)c1. The van der Waals surface area contributed by atoms with E-state index in [1.54, 1.807) is 6.33 Å². The normalized spacial score (nSPS) is 10.6. The molecule has 0 aliphatic rings. The van der Waals surface area contributed by atoms with Crippen LogP contribution in [0.3, 0.4) is 0 Å². The Morgan fingerprint density at radius 1 is 1.22 bits per heavy atom. The quantitative estimate of drug-likeness (QED) is 0.685. The van der Waals surface area contributed by atoms with E-state index in [1.165, 1.54) is 17.5 Å². The van der Waals surface area contributed by atoms with Gasteiger partial charge in [0.25, 0.3) is 0 Å². The highest BCUT2D eigenvalue weighted by molar-refractivity contribution is 9.10. The van der Waals surface area contributed by atoms with Gasteiger partial charge in [0.05, 0.1) is 16.7 Å². The first kappa shape index (κ1) is 17.7. The largest absolute Gasteiger partial charge is 0.491 e. The summed E-state index contributed by atoms with van der Waals surface area (Å²) in [5, 5.41) is 3.27. The van der Waals surface area contributed by atoms with Crippen LogP contribution in [0.1, 0.15) is 37.1 Å². The van der Waals surface area contributed by atoms with Crippen molar-refractivity contribution < 1.29 is 4.74 Å². The molecular formula is C18H24BrN3O. The number of aryl methyl sites for hydroxylation is 3. The molecule has 0 fully saturated rings. The molecule has 1 aromatic carbocycles. The minimum atomic E-state index is 0.593. The zero-order valence-electron chi connectivity index (χ0n) is 14.0. The maximum absolute atomic E-state index is 5.93. The summed E-state index contributed by atoms with van der Waals surface area (Å²) in [5.41, 5.74) is 3.58. The van der Waals surface area contributed by atoms with E-state index in [2.05, 4.69) is 63.3 Å². The van der Waals surface area contributed by atoms with Crippen molar-refractivity contribution >= 4 is 21.7 Å². The van der Waals surface area contributed by atoms with E-state index in [0.29, 0.717) is 13.2 Å². The molecule has 0 atom stereocenters. The highest BCUT2D eigenvalue weighted by Crippen LogP contribution is 2.23. The number of hydrogen-bond donors (Lipinski definition) is 1. The molecule has 23 heavy (non-hydrogen) atoms. The second kappa shape index (κ2) is 8.87. The molecule has 2 rings (SSSR count). The topological polar surface area (TPSA) is 47.0 Å². The zero-order chi connectivity index (χ0) is 16.7. The van der Waals surface area contributed by atoms with E-state index < -0.39 is 0 Å². The number of aromatic nitrogens is 2. The van der Waals surface area contributed by atoms with Gasteiger partial charge in [-0.1, -0.05) is 32.4 Å². The monoisotopic (exact) mass is 377 g/mol. The zero-order valence-corrected chi connectivity index (χ0v) is 15.6. The van der Waals surface area contributed by atoms with E-state index in [1.807, 2.05) is 6.92 Å². The van der Waals surface area contributed by atoms with Gasteiger partial charge in [-0.2, -0.15) is 0 Å². The number of hydrogen-bond acceptors (Lipinski definition) is 4. The number of halogens is 1. The van der Waals surface area contributed by atoms with Gasteiger partial charge in [-0.25, -0.2) is 9.97 Å². The summed E-state index contributed by atoms with van der Waals surface area (Å²) in [7, 11) is 0. The lowest BCUT2D eigenvalue weighted by Gasteiger charge is -2.13. The maximum atomic E-state index is 5.93. The molecule has 4 nitrogen and oxygen atoms in total. The number of ether oxygens (including phenoxy) is 1. The molecule has 2 aromatic rings. The molecule has 1 N–H and O–H groups in total. The van der Waals surface area contributed by atoms with E-state index in [9.17, 15) is 0 Å². The Kier molecular flexibility index (Phi) is 6.84. The van der Waals surface area contributed by atoms with Crippen LogP contribution in [0.4, 0.5) is 5.82 Å². The van der Waals surface area contributed by atoms with Crippen LogP contribution in [-0.2, 0) is 12.8 Å². The maximum Gasteiger partial charge on any atom is 0.144 e. The highest BCUT2D eigenvalue weighted by Gasteiger charge is 2.06. The van der Waals surface area contributed by atoms with E-state index >= 15 is 0 Å². The number of nitrogens with zero attached hydrogens (tertiary/aromatic N) is 2. The lowest BCUT2D eigenvalue weighted by atomic mass is 10.0. The first-order chi connectivity index (χ1) is 11.2. The first-order valence-electron chi connectivity index (χ1n) is 8.11. The number of nitrogens with one attached hydrogen (secondary N) is 1. The van der Waals surface area contributed by atoms with Crippen LogP contribution in [-0.4, -0.2) is 23.1 Å². The van der Waals surface area contributed by atoms with Crippen molar-refractivity contribution in [1.29, 1.82) is 0 Å². The van der Waals surface area contributed by atoms with E-state index in [4.69, 9.17) is 4.74 Å².